The highest BCUT2D eigenvalue weighted by atomic mass is 15.1. The molecule has 2 aromatic carbocycles. The lowest BCUT2D eigenvalue weighted by Gasteiger charge is -2.20. The molecule has 1 heteroatoms. The second-order valence-corrected chi connectivity index (χ2v) is 7.61. The first kappa shape index (κ1) is 14.4. The van der Waals surface area contributed by atoms with Crippen molar-refractivity contribution in [2.75, 3.05) is 0 Å². The molecule has 0 N–H and O–H groups in total. The van der Waals surface area contributed by atoms with Gasteiger partial charge in [0.1, 0.15) is 0 Å². The van der Waals surface area contributed by atoms with Gasteiger partial charge in [-0.1, -0.05) is 38.1 Å². The number of aromatic nitrogens is 1. The summed E-state index contributed by atoms with van der Waals surface area (Å²) in [6, 6.07) is 20.1. The highest BCUT2D eigenvalue weighted by Gasteiger charge is 2.46. The molecule has 1 aliphatic rings. The molecule has 0 saturated carbocycles. The number of para-hydroxylation sites is 1. The molecule has 0 fully saturated rings. The van der Waals surface area contributed by atoms with Crippen molar-refractivity contribution in [2.24, 2.45) is 5.92 Å². The zero-order valence-electron chi connectivity index (χ0n) is 14.4. The van der Waals surface area contributed by atoms with Gasteiger partial charge in [-0.25, -0.2) is 0 Å². The second-order valence-electron chi connectivity index (χ2n) is 7.61. The Morgan fingerprint density at radius 2 is 1.70 bits per heavy atom. The van der Waals surface area contributed by atoms with Gasteiger partial charge < -0.3 is 0 Å². The summed E-state index contributed by atoms with van der Waals surface area (Å²) in [5.74, 6) is 0.669. The summed E-state index contributed by atoms with van der Waals surface area (Å²) >= 11 is 0. The fraction of sp³-hybridized carbons (Fsp3) is 0.318. The Hall–Kier alpha value is -2.15. The van der Waals surface area contributed by atoms with Crippen LogP contribution in [0.2, 0.25) is 0 Å². The lowest BCUT2D eigenvalue weighted by molar-refractivity contribution is -0.707. The standard InChI is InChI=1S/C22H24N/c1-15(2)14-17-9-7-10-18-20-13-12-16-8-5-6-11-19(16)23(20)22(3,4)21(17)18/h5-13,15H,14H2,1-4H3/q+1. The summed E-state index contributed by atoms with van der Waals surface area (Å²) in [4.78, 5) is 0. The minimum atomic E-state index is -0.0169. The summed E-state index contributed by atoms with van der Waals surface area (Å²) in [5.41, 5.74) is 7.05. The van der Waals surface area contributed by atoms with Crippen LogP contribution in [0.4, 0.5) is 0 Å². The van der Waals surface area contributed by atoms with Crippen LogP contribution >= 0.6 is 0 Å². The van der Waals surface area contributed by atoms with Crippen molar-refractivity contribution in [1.29, 1.82) is 0 Å². The largest absolute Gasteiger partial charge is 0.214 e. The molecule has 23 heavy (non-hydrogen) atoms. The summed E-state index contributed by atoms with van der Waals surface area (Å²) in [5, 5.41) is 1.31. The zero-order valence-corrected chi connectivity index (χ0v) is 14.4. The average molecular weight is 302 g/mol. The van der Waals surface area contributed by atoms with Gasteiger partial charge in [-0.15, -0.1) is 0 Å². The average Bonchev–Trinajstić information content (AvgIpc) is 2.76. The first-order valence-corrected chi connectivity index (χ1v) is 8.57. The molecule has 2 heterocycles. The number of benzene rings is 2. The molecule has 0 unspecified atom stereocenters. The minimum Gasteiger partial charge on any atom is -0.182 e. The van der Waals surface area contributed by atoms with Crippen LogP contribution in [0.1, 0.15) is 38.8 Å². The molecule has 0 amide bonds. The molecule has 116 valence electrons. The summed E-state index contributed by atoms with van der Waals surface area (Å²) in [7, 11) is 0. The third-order valence-electron chi connectivity index (χ3n) is 5.07. The first-order chi connectivity index (χ1) is 11.0. The minimum absolute atomic E-state index is 0.0169. The molecule has 0 aliphatic carbocycles. The lowest BCUT2D eigenvalue weighted by atomic mass is 9.85. The van der Waals surface area contributed by atoms with Crippen LogP contribution in [0.25, 0.3) is 22.2 Å². The van der Waals surface area contributed by atoms with Crippen LogP contribution in [0.15, 0.2) is 54.6 Å². The van der Waals surface area contributed by atoms with Crippen molar-refractivity contribution < 1.29 is 4.57 Å². The Labute approximate surface area is 138 Å². The predicted molar refractivity (Wildman–Crippen MR) is 96.5 cm³/mol. The Balaban J connectivity index is 2.06. The van der Waals surface area contributed by atoms with Gasteiger partial charge in [0, 0.05) is 36.9 Å². The lowest BCUT2D eigenvalue weighted by Crippen LogP contribution is -2.51. The van der Waals surface area contributed by atoms with Gasteiger partial charge >= 0.3 is 0 Å². The molecule has 3 aromatic rings. The molecule has 4 rings (SSSR count). The molecule has 1 aromatic heterocycles. The van der Waals surface area contributed by atoms with Crippen molar-refractivity contribution in [2.45, 2.75) is 39.7 Å². The van der Waals surface area contributed by atoms with E-state index in [4.69, 9.17) is 0 Å². The molecule has 0 radical (unpaired) electrons. The normalized spacial score (nSPS) is 15.0. The monoisotopic (exact) mass is 302 g/mol. The van der Waals surface area contributed by atoms with Crippen LogP contribution in [-0.2, 0) is 12.0 Å². The van der Waals surface area contributed by atoms with E-state index in [1.807, 2.05) is 0 Å². The Morgan fingerprint density at radius 3 is 2.48 bits per heavy atom. The van der Waals surface area contributed by atoms with E-state index in [1.54, 1.807) is 0 Å². The Bertz CT molecular complexity index is 903. The van der Waals surface area contributed by atoms with Crippen LogP contribution in [-0.4, -0.2) is 0 Å². The van der Waals surface area contributed by atoms with E-state index in [-0.39, 0.29) is 5.54 Å². The van der Waals surface area contributed by atoms with Gasteiger partial charge in [-0.05, 0) is 36.1 Å². The SMILES string of the molecule is CC(C)Cc1cccc2c1C(C)(C)[n+]1c-2ccc2ccccc21. The molecular formula is C22H24N+. The molecule has 1 nitrogen and oxygen atoms in total. The number of nitrogens with zero attached hydrogens (tertiary/aromatic N) is 1. The van der Waals surface area contributed by atoms with E-state index >= 15 is 0 Å². The maximum Gasteiger partial charge on any atom is 0.214 e. The summed E-state index contributed by atoms with van der Waals surface area (Å²) < 4.78 is 2.52. The molecule has 0 atom stereocenters. The van der Waals surface area contributed by atoms with Gasteiger partial charge in [0.2, 0.25) is 11.2 Å². The van der Waals surface area contributed by atoms with E-state index < -0.39 is 0 Å². The van der Waals surface area contributed by atoms with E-state index in [0.717, 1.165) is 6.42 Å². The van der Waals surface area contributed by atoms with Crippen molar-refractivity contribution in [3.05, 3.63) is 65.7 Å². The molecule has 0 saturated heterocycles. The highest BCUT2D eigenvalue weighted by molar-refractivity contribution is 5.80. The number of hydrogen-bond acceptors (Lipinski definition) is 0. The topological polar surface area (TPSA) is 3.88 Å². The molecular weight excluding hydrogens is 278 g/mol. The number of pyridine rings is 1. The third kappa shape index (κ3) is 2.03. The van der Waals surface area contributed by atoms with Crippen molar-refractivity contribution in [1.82, 2.24) is 0 Å². The smallest absolute Gasteiger partial charge is 0.182 e. The molecule has 1 aliphatic heterocycles. The van der Waals surface area contributed by atoms with E-state index in [2.05, 4.69) is 86.9 Å². The number of hydrogen-bond donors (Lipinski definition) is 0. The Kier molecular flexibility index (Phi) is 3.09. The van der Waals surface area contributed by atoms with Gasteiger partial charge in [0.05, 0.1) is 5.56 Å². The van der Waals surface area contributed by atoms with E-state index in [9.17, 15) is 0 Å². The Morgan fingerprint density at radius 1 is 0.913 bits per heavy atom. The van der Waals surface area contributed by atoms with Gasteiger partial charge in [-0.2, -0.15) is 4.57 Å². The molecule has 0 bridgehead atoms. The van der Waals surface area contributed by atoms with Crippen molar-refractivity contribution in [3.8, 4) is 11.3 Å². The van der Waals surface area contributed by atoms with Crippen molar-refractivity contribution >= 4 is 10.9 Å². The van der Waals surface area contributed by atoms with E-state index in [1.165, 1.54) is 33.3 Å². The summed E-state index contributed by atoms with van der Waals surface area (Å²) in [6.07, 6.45) is 1.14. The van der Waals surface area contributed by atoms with Gasteiger partial charge in [-0.3, -0.25) is 0 Å². The third-order valence-corrected chi connectivity index (χ3v) is 5.07. The fourth-order valence-corrected chi connectivity index (χ4v) is 4.28. The van der Waals surface area contributed by atoms with Crippen molar-refractivity contribution in [3.63, 3.8) is 0 Å². The van der Waals surface area contributed by atoms with Crippen LogP contribution in [0.5, 0.6) is 0 Å². The zero-order chi connectivity index (χ0) is 16.2. The quantitative estimate of drug-likeness (QED) is 0.581. The van der Waals surface area contributed by atoms with E-state index in [0.29, 0.717) is 5.92 Å². The van der Waals surface area contributed by atoms with Gasteiger partial charge in [0.15, 0.2) is 5.54 Å². The van der Waals surface area contributed by atoms with Crippen LogP contribution < -0.4 is 4.57 Å². The maximum absolute atomic E-state index is 2.52. The first-order valence-electron chi connectivity index (χ1n) is 8.57. The number of rotatable bonds is 2. The molecule has 0 spiro atoms. The predicted octanol–water partition coefficient (Wildman–Crippen LogP) is 5.09. The number of fused-ring (bicyclic) bond motifs is 5. The van der Waals surface area contributed by atoms with Crippen LogP contribution in [0, 0.1) is 5.92 Å². The highest BCUT2D eigenvalue weighted by Crippen LogP contribution is 2.41. The second kappa shape index (κ2) is 4.92. The van der Waals surface area contributed by atoms with Gasteiger partial charge in [0.25, 0.3) is 0 Å². The van der Waals surface area contributed by atoms with Crippen LogP contribution in [0.3, 0.4) is 0 Å². The maximum atomic E-state index is 2.52. The summed E-state index contributed by atoms with van der Waals surface area (Å²) in [6.45, 7) is 9.32. The fourth-order valence-electron chi connectivity index (χ4n) is 4.28.